The first-order chi connectivity index (χ1) is 16.0. The summed E-state index contributed by atoms with van der Waals surface area (Å²) in [5, 5.41) is 11.2. The number of aliphatic hydroxyl groups is 1. The Hall–Kier alpha value is -2.83. The molecule has 1 N–H and O–H groups in total. The van der Waals surface area contributed by atoms with Gasteiger partial charge in [-0.1, -0.05) is 29.8 Å². The Morgan fingerprint density at radius 2 is 1.97 bits per heavy atom. The number of ether oxygens (including phenoxy) is 2. The summed E-state index contributed by atoms with van der Waals surface area (Å²) in [5.74, 6) is 1.75. The average molecular weight is 450 g/mol. The highest BCUT2D eigenvalue weighted by Crippen LogP contribution is 2.27. The van der Waals surface area contributed by atoms with Crippen molar-refractivity contribution in [3.8, 4) is 11.5 Å². The van der Waals surface area contributed by atoms with E-state index in [9.17, 15) is 5.11 Å². The molecule has 0 radical (unpaired) electrons. The van der Waals surface area contributed by atoms with Gasteiger partial charge in [0.05, 0.1) is 18.5 Å². The number of hydrogen-bond acceptors (Lipinski definition) is 5. The highest BCUT2D eigenvalue weighted by atomic mass is 16.5. The van der Waals surface area contributed by atoms with Gasteiger partial charge < -0.3 is 19.1 Å². The van der Waals surface area contributed by atoms with Crippen molar-refractivity contribution in [1.82, 2.24) is 14.5 Å². The van der Waals surface area contributed by atoms with Crippen molar-refractivity contribution < 1.29 is 14.6 Å². The number of imidazole rings is 1. The zero-order valence-corrected chi connectivity index (χ0v) is 19.7. The van der Waals surface area contributed by atoms with Gasteiger partial charge in [-0.05, 0) is 69.0 Å². The lowest BCUT2D eigenvalue weighted by molar-refractivity contribution is -0.0170. The van der Waals surface area contributed by atoms with Crippen LogP contribution in [0.1, 0.15) is 36.0 Å². The molecule has 0 saturated carbocycles. The first kappa shape index (κ1) is 23.3. The van der Waals surface area contributed by atoms with E-state index in [4.69, 9.17) is 9.47 Å². The van der Waals surface area contributed by atoms with Crippen LogP contribution in [-0.4, -0.2) is 51.5 Å². The zero-order valence-electron chi connectivity index (χ0n) is 19.7. The van der Waals surface area contributed by atoms with Gasteiger partial charge in [0.15, 0.2) is 0 Å². The summed E-state index contributed by atoms with van der Waals surface area (Å²) in [6.07, 6.45) is 7.93. The molecule has 1 unspecified atom stereocenters. The van der Waals surface area contributed by atoms with Gasteiger partial charge in [-0.3, -0.25) is 4.90 Å². The van der Waals surface area contributed by atoms with Crippen LogP contribution in [0.2, 0.25) is 0 Å². The molecule has 6 heteroatoms. The predicted octanol–water partition coefficient (Wildman–Crippen LogP) is 4.37. The minimum atomic E-state index is -0.787. The van der Waals surface area contributed by atoms with Crippen molar-refractivity contribution in [3.63, 3.8) is 0 Å². The van der Waals surface area contributed by atoms with E-state index in [0.717, 1.165) is 56.1 Å². The number of nitrogens with zero attached hydrogens (tertiary/aromatic N) is 3. The third kappa shape index (κ3) is 6.83. The smallest absolute Gasteiger partial charge is 0.122 e. The van der Waals surface area contributed by atoms with E-state index in [1.54, 1.807) is 12.5 Å². The lowest BCUT2D eigenvalue weighted by atomic mass is 9.96. The van der Waals surface area contributed by atoms with E-state index >= 15 is 0 Å². The lowest BCUT2D eigenvalue weighted by Crippen LogP contribution is -2.37. The van der Waals surface area contributed by atoms with E-state index in [2.05, 4.69) is 48.0 Å². The summed E-state index contributed by atoms with van der Waals surface area (Å²) in [5.41, 5.74) is 2.77. The van der Waals surface area contributed by atoms with Gasteiger partial charge in [0, 0.05) is 25.5 Å². The number of aromatic nitrogens is 2. The first-order valence-corrected chi connectivity index (χ1v) is 11.8. The Morgan fingerprint density at radius 3 is 2.79 bits per heavy atom. The normalized spacial score (nSPS) is 19.2. The molecule has 2 aromatic carbocycles. The standard InChI is InChI=1S/C27H35N3O3/c1-22-7-8-26(23(2)17-22)33-20-27(31)9-4-12-29(13-10-27)19-24-5-3-6-25(18-24)32-16-15-30-14-11-28-21-30/h3,5-8,11,14,17-18,21,31H,4,9-10,12-13,15-16,19-20H2,1-2H3. The van der Waals surface area contributed by atoms with E-state index in [1.807, 2.05) is 29.0 Å². The van der Waals surface area contributed by atoms with Gasteiger partial charge in [-0.2, -0.15) is 0 Å². The number of hydrogen-bond donors (Lipinski definition) is 1. The predicted molar refractivity (Wildman–Crippen MR) is 130 cm³/mol. The summed E-state index contributed by atoms with van der Waals surface area (Å²) in [7, 11) is 0. The third-order valence-electron chi connectivity index (χ3n) is 6.32. The maximum absolute atomic E-state index is 11.2. The van der Waals surface area contributed by atoms with Crippen molar-refractivity contribution in [2.45, 2.75) is 51.8 Å². The molecule has 1 atom stereocenters. The molecule has 6 nitrogen and oxygen atoms in total. The van der Waals surface area contributed by atoms with Crippen LogP contribution >= 0.6 is 0 Å². The monoisotopic (exact) mass is 449 g/mol. The second-order valence-electron chi connectivity index (χ2n) is 9.21. The van der Waals surface area contributed by atoms with Crippen molar-refractivity contribution in [1.29, 1.82) is 0 Å². The summed E-state index contributed by atoms with van der Waals surface area (Å²) in [6.45, 7) is 8.52. The molecule has 0 amide bonds. The Labute approximate surface area is 196 Å². The fourth-order valence-corrected chi connectivity index (χ4v) is 4.39. The van der Waals surface area contributed by atoms with Crippen LogP contribution in [0.3, 0.4) is 0 Å². The number of aryl methyl sites for hydroxylation is 2. The largest absolute Gasteiger partial charge is 0.492 e. The molecule has 0 bridgehead atoms. The van der Waals surface area contributed by atoms with E-state index in [-0.39, 0.29) is 0 Å². The van der Waals surface area contributed by atoms with Gasteiger partial charge in [-0.25, -0.2) is 4.98 Å². The Balaban J connectivity index is 1.27. The van der Waals surface area contributed by atoms with Crippen molar-refractivity contribution in [2.24, 2.45) is 0 Å². The molecule has 4 rings (SSSR count). The maximum atomic E-state index is 11.2. The minimum Gasteiger partial charge on any atom is -0.492 e. The fourth-order valence-electron chi connectivity index (χ4n) is 4.39. The van der Waals surface area contributed by atoms with Crippen LogP contribution in [0.15, 0.2) is 61.2 Å². The van der Waals surface area contributed by atoms with Crippen molar-refractivity contribution in [2.75, 3.05) is 26.3 Å². The van der Waals surface area contributed by atoms with Crippen LogP contribution in [0.5, 0.6) is 11.5 Å². The minimum absolute atomic E-state index is 0.338. The molecule has 176 valence electrons. The van der Waals surface area contributed by atoms with Crippen molar-refractivity contribution >= 4 is 0 Å². The van der Waals surface area contributed by atoms with E-state index in [1.165, 1.54) is 11.1 Å². The molecule has 0 aliphatic carbocycles. The SMILES string of the molecule is Cc1ccc(OCC2(O)CCCN(Cc3cccc(OCCn4ccnc4)c3)CC2)c(C)c1. The molecule has 1 aliphatic heterocycles. The van der Waals surface area contributed by atoms with E-state index in [0.29, 0.717) is 19.6 Å². The Kier molecular flexibility index (Phi) is 7.68. The number of likely N-dealkylation sites (tertiary alicyclic amines) is 1. The van der Waals surface area contributed by atoms with Crippen molar-refractivity contribution in [3.05, 3.63) is 77.9 Å². The first-order valence-electron chi connectivity index (χ1n) is 11.8. The summed E-state index contributed by atoms with van der Waals surface area (Å²) in [6, 6.07) is 14.5. The molecular formula is C27H35N3O3. The van der Waals surface area contributed by atoms with Gasteiger partial charge in [0.2, 0.25) is 0 Å². The molecule has 1 fully saturated rings. The molecule has 1 aromatic heterocycles. The van der Waals surface area contributed by atoms with Crippen LogP contribution in [0.4, 0.5) is 0 Å². The summed E-state index contributed by atoms with van der Waals surface area (Å²) in [4.78, 5) is 6.47. The Morgan fingerprint density at radius 1 is 1.06 bits per heavy atom. The molecule has 1 aliphatic rings. The van der Waals surface area contributed by atoms with Gasteiger partial charge in [0.1, 0.15) is 24.7 Å². The zero-order chi connectivity index (χ0) is 23.1. The average Bonchev–Trinajstić information content (AvgIpc) is 3.24. The summed E-state index contributed by atoms with van der Waals surface area (Å²) < 4.78 is 14.0. The summed E-state index contributed by atoms with van der Waals surface area (Å²) >= 11 is 0. The highest BCUT2D eigenvalue weighted by molar-refractivity contribution is 5.35. The molecule has 3 aromatic rings. The third-order valence-corrected chi connectivity index (χ3v) is 6.32. The number of benzene rings is 2. The molecule has 33 heavy (non-hydrogen) atoms. The topological polar surface area (TPSA) is 59.8 Å². The van der Waals surface area contributed by atoms with Gasteiger partial charge in [-0.15, -0.1) is 0 Å². The van der Waals surface area contributed by atoms with E-state index < -0.39 is 5.60 Å². The van der Waals surface area contributed by atoms with Gasteiger partial charge in [0.25, 0.3) is 0 Å². The number of rotatable bonds is 9. The second kappa shape index (κ2) is 10.9. The van der Waals surface area contributed by atoms with Crippen LogP contribution < -0.4 is 9.47 Å². The molecular weight excluding hydrogens is 414 g/mol. The van der Waals surface area contributed by atoms with Gasteiger partial charge >= 0.3 is 0 Å². The lowest BCUT2D eigenvalue weighted by Gasteiger charge is -2.27. The van der Waals surface area contributed by atoms with Crippen LogP contribution in [0, 0.1) is 13.8 Å². The quantitative estimate of drug-likeness (QED) is 0.526. The molecule has 0 spiro atoms. The molecule has 1 saturated heterocycles. The molecule has 2 heterocycles. The maximum Gasteiger partial charge on any atom is 0.122 e. The van der Waals surface area contributed by atoms with Crippen LogP contribution in [0.25, 0.3) is 0 Å². The Bertz CT molecular complexity index is 1020. The second-order valence-corrected chi connectivity index (χ2v) is 9.21. The highest BCUT2D eigenvalue weighted by Gasteiger charge is 2.31. The van der Waals surface area contributed by atoms with Crippen LogP contribution in [-0.2, 0) is 13.1 Å². The fraction of sp³-hybridized carbons (Fsp3) is 0.444.